The molecule has 2 aromatic rings. The van der Waals surface area contributed by atoms with Crippen LogP contribution in [0.4, 0.5) is 0 Å². The highest BCUT2D eigenvalue weighted by atomic mass is 16.5. The van der Waals surface area contributed by atoms with Gasteiger partial charge in [0.1, 0.15) is 12.4 Å². The Morgan fingerprint density at radius 3 is 2.89 bits per heavy atom. The van der Waals surface area contributed by atoms with Crippen molar-refractivity contribution in [1.82, 2.24) is 9.78 Å². The Bertz CT molecular complexity index is 535. The highest BCUT2D eigenvalue weighted by molar-refractivity contribution is 5.36. The Balaban J connectivity index is 2.03. The topological polar surface area (TPSA) is 36.3 Å². The SMILES string of the molecule is CCCn1cc(OCc2cc(C)ccc2OC)cn1. The third kappa shape index (κ3) is 3.50. The molecule has 0 bridgehead atoms. The van der Waals surface area contributed by atoms with Crippen LogP contribution >= 0.6 is 0 Å². The zero-order valence-electron chi connectivity index (χ0n) is 11.7. The Hall–Kier alpha value is -1.97. The lowest BCUT2D eigenvalue weighted by Gasteiger charge is -2.09. The van der Waals surface area contributed by atoms with Crippen LogP contribution in [0.3, 0.4) is 0 Å². The molecule has 0 spiro atoms. The number of ether oxygens (including phenoxy) is 2. The lowest BCUT2D eigenvalue weighted by molar-refractivity contribution is 0.296. The maximum absolute atomic E-state index is 5.75. The van der Waals surface area contributed by atoms with Gasteiger partial charge in [-0.15, -0.1) is 0 Å². The second kappa shape index (κ2) is 6.27. The molecule has 1 heterocycles. The smallest absolute Gasteiger partial charge is 0.157 e. The van der Waals surface area contributed by atoms with E-state index in [1.807, 2.05) is 23.0 Å². The third-order valence-corrected chi connectivity index (χ3v) is 2.89. The minimum absolute atomic E-state index is 0.489. The molecule has 0 aliphatic heterocycles. The second-order valence-electron chi connectivity index (χ2n) is 4.54. The van der Waals surface area contributed by atoms with Crippen molar-refractivity contribution in [3.8, 4) is 11.5 Å². The van der Waals surface area contributed by atoms with Crippen LogP contribution in [0.2, 0.25) is 0 Å². The van der Waals surface area contributed by atoms with E-state index in [1.165, 1.54) is 5.56 Å². The first kappa shape index (κ1) is 13.5. The Morgan fingerprint density at radius 1 is 1.32 bits per heavy atom. The van der Waals surface area contributed by atoms with Crippen LogP contribution < -0.4 is 9.47 Å². The number of hydrogen-bond acceptors (Lipinski definition) is 3. The molecule has 4 nitrogen and oxygen atoms in total. The molecule has 0 N–H and O–H groups in total. The van der Waals surface area contributed by atoms with E-state index in [0.717, 1.165) is 30.0 Å². The van der Waals surface area contributed by atoms with Crippen LogP contribution in [0.15, 0.2) is 30.6 Å². The molecule has 2 rings (SSSR count). The third-order valence-electron chi connectivity index (χ3n) is 2.89. The van der Waals surface area contributed by atoms with Crippen molar-refractivity contribution in [3.63, 3.8) is 0 Å². The van der Waals surface area contributed by atoms with E-state index < -0.39 is 0 Å². The van der Waals surface area contributed by atoms with Crippen molar-refractivity contribution in [3.05, 3.63) is 41.7 Å². The number of nitrogens with zero attached hydrogens (tertiary/aromatic N) is 2. The predicted octanol–water partition coefficient (Wildman–Crippen LogP) is 3.19. The lowest BCUT2D eigenvalue weighted by Crippen LogP contribution is -1.99. The maximum Gasteiger partial charge on any atom is 0.157 e. The van der Waals surface area contributed by atoms with E-state index in [1.54, 1.807) is 13.3 Å². The van der Waals surface area contributed by atoms with Crippen molar-refractivity contribution >= 4 is 0 Å². The summed E-state index contributed by atoms with van der Waals surface area (Å²) in [6.07, 6.45) is 4.73. The van der Waals surface area contributed by atoms with Gasteiger partial charge in [0.2, 0.25) is 0 Å². The molecule has 0 radical (unpaired) electrons. The van der Waals surface area contributed by atoms with Gasteiger partial charge in [0, 0.05) is 12.1 Å². The molecule has 0 amide bonds. The van der Waals surface area contributed by atoms with Gasteiger partial charge in [-0.25, -0.2) is 0 Å². The van der Waals surface area contributed by atoms with E-state index >= 15 is 0 Å². The van der Waals surface area contributed by atoms with Crippen molar-refractivity contribution in [2.45, 2.75) is 33.4 Å². The van der Waals surface area contributed by atoms with Crippen LogP contribution in [0.5, 0.6) is 11.5 Å². The summed E-state index contributed by atoms with van der Waals surface area (Å²) < 4.78 is 13.0. The summed E-state index contributed by atoms with van der Waals surface area (Å²) in [5, 5.41) is 4.24. The van der Waals surface area contributed by atoms with Crippen molar-refractivity contribution in [1.29, 1.82) is 0 Å². The fourth-order valence-electron chi connectivity index (χ4n) is 1.95. The van der Waals surface area contributed by atoms with Crippen LogP contribution in [-0.4, -0.2) is 16.9 Å². The van der Waals surface area contributed by atoms with E-state index in [4.69, 9.17) is 9.47 Å². The monoisotopic (exact) mass is 260 g/mol. The average Bonchev–Trinajstić information content (AvgIpc) is 2.85. The second-order valence-corrected chi connectivity index (χ2v) is 4.54. The average molecular weight is 260 g/mol. The molecule has 1 aromatic heterocycles. The summed E-state index contributed by atoms with van der Waals surface area (Å²) in [5.41, 5.74) is 2.24. The molecule has 0 atom stereocenters. The summed E-state index contributed by atoms with van der Waals surface area (Å²) >= 11 is 0. The van der Waals surface area contributed by atoms with Crippen molar-refractivity contribution < 1.29 is 9.47 Å². The molecule has 0 fully saturated rings. The highest BCUT2D eigenvalue weighted by Gasteiger charge is 2.05. The van der Waals surface area contributed by atoms with Gasteiger partial charge in [-0.2, -0.15) is 5.10 Å². The number of aromatic nitrogens is 2. The van der Waals surface area contributed by atoms with Gasteiger partial charge in [0.15, 0.2) is 5.75 Å². The van der Waals surface area contributed by atoms with E-state index in [2.05, 4.69) is 25.0 Å². The molecule has 0 aliphatic rings. The van der Waals surface area contributed by atoms with Gasteiger partial charge < -0.3 is 9.47 Å². The summed E-state index contributed by atoms with van der Waals surface area (Å²) in [6, 6.07) is 6.07. The molecule has 0 unspecified atom stereocenters. The molecule has 0 saturated carbocycles. The maximum atomic E-state index is 5.75. The zero-order valence-corrected chi connectivity index (χ0v) is 11.7. The van der Waals surface area contributed by atoms with Crippen molar-refractivity contribution in [2.75, 3.05) is 7.11 Å². The molecule has 0 aliphatic carbocycles. The summed E-state index contributed by atoms with van der Waals surface area (Å²) in [4.78, 5) is 0. The summed E-state index contributed by atoms with van der Waals surface area (Å²) in [6.45, 7) is 5.59. The van der Waals surface area contributed by atoms with Gasteiger partial charge in [-0.1, -0.05) is 18.6 Å². The quantitative estimate of drug-likeness (QED) is 0.800. The standard InChI is InChI=1S/C15H20N2O2/c1-4-7-17-10-14(9-16-17)19-11-13-8-12(2)5-6-15(13)18-3/h5-6,8-10H,4,7,11H2,1-3H3. The van der Waals surface area contributed by atoms with Crippen LogP contribution in [0.25, 0.3) is 0 Å². The minimum Gasteiger partial charge on any atom is -0.496 e. The first-order valence-corrected chi connectivity index (χ1v) is 6.51. The fraction of sp³-hybridized carbons (Fsp3) is 0.400. The number of aryl methyl sites for hydroxylation is 2. The Kier molecular flexibility index (Phi) is 4.44. The molecular formula is C15H20N2O2. The lowest BCUT2D eigenvalue weighted by atomic mass is 10.1. The fourth-order valence-corrected chi connectivity index (χ4v) is 1.95. The summed E-state index contributed by atoms with van der Waals surface area (Å²) in [7, 11) is 1.67. The Morgan fingerprint density at radius 2 is 2.16 bits per heavy atom. The first-order valence-electron chi connectivity index (χ1n) is 6.51. The molecule has 102 valence electrons. The van der Waals surface area contributed by atoms with E-state index in [9.17, 15) is 0 Å². The molecule has 1 aromatic carbocycles. The molecule has 19 heavy (non-hydrogen) atoms. The van der Waals surface area contributed by atoms with Gasteiger partial charge in [-0.3, -0.25) is 4.68 Å². The van der Waals surface area contributed by atoms with Gasteiger partial charge in [0.05, 0.1) is 19.5 Å². The largest absolute Gasteiger partial charge is 0.496 e. The van der Waals surface area contributed by atoms with Crippen molar-refractivity contribution in [2.24, 2.45) is 0 Å². The zero-order chi connectivity index (χ0) is 13.7. The van der Waals surface area contributed by atoms with Gasteiger partial charge in [-0.05, 0) is 25.5 Å². The minimum atomic E-state index is 0.489. The first-order chi connectivity index (χ1) is 9.22. The van der Waals surface area contributed by atoms with Crippen LogP contribution in [0.1, 0.15) is 24.5 Å². The molecule has 4 heteroatoms. The normalized spacial score (nSPS) is 10.5. The number of hydrogen-bond donors (Lipinski definition) is 0. The van der Waals surface area contributed by atoms with Crippen LogP contribution in [0, 0.1) is 6.92 Å². The van der Waals surface area contributed by atoms with E-state index in [-0.39, 0.29) is 0 Å². The number of methoxy groups -OCH3 is 1. The van der Waals surface area contributed by atoms with Crippen LogP contribution in [-0.2, 0) is 13.2 Å². The van der Waals surface area contributed by atoms with Gasteiger partial charge in [0.25, 0.3) is 0 Å². The number of rotatable bonds is 6. The highest BCUT2D eigenvalue weighted by Crippen LogP contribution is 2.21. The summed E-state index contributed by atoms with van der Waals surface area (Å²) in [5.74, 6) is 1.64. The van der Waals surface area contributed by atoms with E-state index in [0.29, 0.717) is 6.61 Å². The Labute approximate surface area is 114 Å². The predicted molar refractivity (Wildman–Crippen MR) is 74.6 cm³/mol. The number of benzene rings is 1. The molecule has 0 saturated heterocycles. The molecular weight excluding hydrogens is 240 g/mol. The van der Waals surface area contributed by atoms with Gasteiger partial charge >= 0.3 is 0 Å².